The van der Waals surface area contributed by atoms with Crippen LogP contribution in [0.4, 0.5) is 0 Å². The van der Waals surface area contributed by atoms with Crippen LogP contribution in [-0.2, 0) is 0 Å². The lowest BCUT2D eigenvalue weighted by Crippen LogP contribution is -2.48. The van der Waals surface area contributed by atoms with Crippen LogP contribution in [0.25, 0.3) is 5.69 Å². The molecule has 24 heavy (non-hydrogen) atoms. The van der Waals surface area contributed by atoms with Gasteiger partial charge in [0, 0.05) is 57.2 Å². The molecule has 0 aliphatic carbocycles. The summed E-state index contributed by atoms with van der Waals surface area (Å²) in [5.74, 6) is -0.191. The predicted molar refractivity (Wildman–Crippen MR) is 91.2 cm³/mol. The lowest BCUT2D eigenvalue weighted by Gasteiger charge is -2.29. The highest BCUT2D eigenvalue weighted by Crippen LogP contribution is 2.09. The standard InChI is InChI=1S/C17H23N5O2/c23-16(13-21-9-6-18-7-10-21)12-19-17(24)14-3-1-4-15(11-14)22-8-2-5-20-22/h1-5,8,11,16,18,23H,6-7,9-10,12-13H2,(H,19,24)/t16-/m0/s1. The molecule has 1 aliphatic heterocycles. The second-order valence-electron chi connectivity index (χ2n) is 5.92. The highest BCUT2D eigenvalue weighted by molar-refractivity contribution is 5.94. The van der Waals surface area contributed by atoms with Crippen LogP contribution in [0.5, 0.6) is 0 Å². The Balaban J connectivity index is 1.52. The van der Waals surface area contributed by atoms with Crippen molar-refractivity contribution in [1.29, 1.82) is 0 Å². The summed E-state index contributed by atoms with van der Waals surface area (Å²) in [6.45, 7) is 4.57. The van der Waals surface area contributed by atoms with Crippen molar-refractivity contribution in [3.63, 3.8) is 0 Å². The molecule has 1 fully saturated rings. The Labute approximate surface area is 141 Å². The van der Waals surface area contributed by atoms with Gasteiger partial charge in [-0.15, -0.1) is 0 Å². The monoisotopic (exact) mass is 329 g/mol. The number of carbonyl (C=O) groups excluding carboxylic acids is 1. The molecule has 0 radical (unpaired) electrons. The van der Waals surface area contributed by atoms with Gasteiger partial charge in [-0.25, -0.2) is 4.68 Å². The zero-order valence-electron chi connectivity index (χ0n) is 13.6. The third-order valence-corrected chi connectivity index (χ3v) is 4.05. The first-order valence-corrected chi connectivity index (χ1v) is 8.22. The van der Waals surface area contributed by atoms with E-state index in [4.69, 9.17) is 0 Å². The van der Waals surface area contributed by atoms with Gasteiger partial charge in [-0.1, -0.05) is 6.07 Å². The van der Waals surface area contributed by atoms with Gasteiger partial charge in [0.1, 0.15) is 0 Å². The van der Waals surface area contributed by atoms with E-state index in [-0.39, 0.29) is 12.5 Å². The maximum absolute atomic E-state index is 12.3. The highest BCUT2D eigenvalue weighted by atomic mass is 16.3. The second kappa shape index (κ2) is 8.05. The average Bonchev–Trinajstić information content (AvgIpc) is 3.15. The van der Waals surface area contributed by atoms with Gasteiger partial charge in [0.2, 0.25) is 0 Å². The number of aliphatic hydroxyl groups excluding tert-OH is 1. The first-order valence-electron chi connectivity index (χ1n) is 8.22. The topological polar surface area (TPSA) is 82.4 Å². The molecule has 128 valence electrons. The van der Waals surface area contributed by atoms with Gasteiger partial charge in [-0.2, -0.15) is 5.10 Å². The molecule has 1 aromatic carbocycles. The molecular formula is C17H23N5O2. The molecule has 0 spiro atoms. The van der Waals surface area contributed by atoms with E-state index >= 15 is 0 Å². The molecular weight excluding hydrogens is 306 g/mol. The number of piperazine rings is 1. The Morgan fingerprint density at radius 2 is 2.17 bits per heavy atom. The van der Waals surface area contributed by atoms with E-state index in [1.807, 2.05) is 24.4 Å². The highest BCUT2D eigenvalue weighted by Gasteiger charge is 2.15. The van der Waals surface area contributed by atoms with Crippen molar-refractivity contribution in [1.82, 2.24) is 25.3 Å². The van der Waals surface area contributed by atoms with Crippen molar-refractivity contribution < 1.29 is 9.90 Å². The zero-order valence-corrected chi connectivity index (χ0v) is 13.6. The maximum atomic E-state index is 12.3. The molecule has 0 unspecified atom stereocenters. The Morgan fingerprint density at radius 3 is 2.92 bits per heavy atom. The van der Waals surface area contributed by atoms with Crippen molar-refractivity contribution in [2.24, 2.45) is 0 Å². The SMILES string of the molecule is O=C(NC[C@H](O)CN1CCNCC1)c1cccc(-n2cccn2)c1. The summed E-state index contributed by atoms with van der Waals surface area (Å²) in [4.78, 5) is 14.5. The van der Waals surface area contributed by atoms with Crippen LogP contribution in [-0.4, -0.2) is 71.1 Å². The van der Waals surface area contributed by atoms with Crippen molar-refractivity contribution in [2.45, 2.75) is 6.10 Å². The van der Waals surface area contributed by atoms with Crippen LogP contribution in [0.3, 0.4) is 0 Å². The molecule has 1 amide bonds. The summed E-state index contributed by atoms with van der Waals surface area (Å²) < 4.78 is 1.70. The molecule has 1 aliphatic rings. The molecule has 1 atom stereocenters. The number of β-amino-alcohol motifs (C(OH)–C–C–N with tert-alkyl or cyclic N) is 1. The van der Waals surface area contributed by atoms with Gasteiger partial charge >= 0.3 is 0 Å². The zero-order chi connectivity index (χ0) is 16.8. The van der Waals surface area contributed by atoms with Gasteiger partial charge in [0.15, 0.2) is 0 Å². The fraction of sp³-hybridized carbons (Fsp3) is 0.412. The molecule has 1 saturated heterocycles. The van der Waals surface area contributed by atoms with Crippen LogP contribution in [0.1, 0.15) is 10.4 Å². The molecule has 7 heteroatoms. The first kappa shape index (κ1) is 16.6. The van der Waals surface area contributed by atoms with E-state index in [0.29, 0.717) is 12.1 Å². The number of amides is 1. The van der Waals surface area contributed by atoms with Gasteiger partial charge in [0.25, 0.3) is 5.91 Å². The summed E-state index contributed by atoms with van der Waals surface area (Å²) in [5, 5.41) is 20.3. The van der Waals surface area contributed by atoms with Crippen molar-refractivity contribution in [2.75, 3.05) is 39.3 Å². The normalized spacial score (nSPS) is 16.7. The lowest BCUT2D eigenvalue weighted by atomic mass is 10.2. The molecule has 0 saturated carbocycles. The quantitative estimate of drug-likeness (QED) is 0.688. The Morgan fingerprint density at radius 1 is 1.33 bits per heavy atom. The minimum absolute atomic E-state index is 0.191. The molecule has 2 heterocycles. The number of nitrogens with zero attached hydrogens (tertiary/aromatic N) is 3. The van der Waals surface area contributed by atoms with E-state index in [2.05, 4.69) is 20.6 Å². The van der Waals surface area contributed by atoms with Gasteiger partial charge in [0.05, 0.1) is 11.8 Å². The molecule has 2 aromatic rings. The third kappa shape index (κ3) is 4.41. The number of carbonyl (C=O) groups is 1. The van der Waals surface area contributed by atoms with Crippen LogP contribution in [0.2, 0.25) is 0 Å². The number of hydrogen-bond donors (Lipinski definition) is 3. The minimum atomic E-state index is -0.568. The van der Waals surface area contributed by atoms with E-state index in [1.54, 1.807) is 23.0 Å². The second-order valence-corrected chi connectivity index (χ2v) is 5.92. The summed E-state index contributed by atoms with van der Waals surface area (Å²) in [6, 6.07) is 9.08. The molecule has 3 rings (SSSR count). The largest absolute Gasteiger partial charge is 0.390 e. The van der Waals surface area contributed by atoms with Crippen LogP contribution >= 0.6 is 0 Å². The average molecular weight is 329 g/mol. The summed E-state index contributed by atoms with van der Waals surface area (Å²) in [5.41, 5.74) is 1.38. The number of hydrogen-bond acceptors (Lipinski definition) is 5. The van der Waals surface area contributed by atoms with Gasteiger partial charge in [-0.3, -0.25) is 9.69 Å². The van der Waals surface area contributed by atoms with Crippen LogP contribution in [0.15, 0.2) is 42.7 Å². The van der Waals surface area contributed by atoms with Crippen molar-refractivity contribution in [3.05, 3.63) is 48.3 Å². The van der Waals surface area contributed by atoms with Crippen molar-refractivity contribution in [3.8, 4) is 5.69 Å². The molecule has 7 nitrogen and oxygen atoms in total. The molecule has 1 aromatic heterocycles. The number of rotatable bonds is 6. The van der Waals surface area contributed by atoms with E-state index in [0.717, 1.165) is 31.9 Å². The summed E-state index contributed by atoms with van der Waals surface area (Å²) in [6.07, 6.45) is 2.95. The number of aromatic nitrogens is 2. The fourth-order valence-electron chi connectivity index (χ4n) is 2.78. The van der Waals surface area contributed by atoms with Crippen molar-refractivity contribution >= 4 is 5.91 Å². The first-order chi connectivity index (χ1) is 11.7. The van der Waals surface area contributed by atoms with E-state index in [9.17, 15) is 9.90 Å². The summed E-state index contributed by atoms with van der Waals surface area (Å²) in [7, 11) is 0. The predicted octanol–water partition coefficient (Wildman–Crippen LogP) is -0.132. The van der Waals surface area contributed by atoms with E-state index in [1.165, 1.54) is 0 Å². The number of benzene rings is 1. The number of nitrogens with one attached hydrogen (secondary N) is 2. The van der Waals surface area contributed by atoms with E-state index < -0.39 is 6.10 Å². The fourth-order valence-corrected chi connectivity index (χ4v) is 2.78. The smallest absolute Gasteiger partial charge is 0.251 e. The molecule has 0 bridgehead atoms. The Bertz CT molecular complexity index is 653. The van der Waals surface area contributed by atoms with Gasteiger partial charge < -0.3 is 15.7 Å². The third-order valence-electron chi connectivity index (χ3n) is 4.05. The Kier molecular flexibility index (Phi) is 5.58. The lowest BCUT2D eigenvalue weighted by molar-refractivity contribution is 0.0842. The maximum Gasteiger partial charge on any atom is 0.251 e. The van der Waals surface area contributed by atoms with Crippen LogP contribution in [0, 0.1) is 0 Å². The van der Waals surface area contributed by atoms with Crippen LogP contribution < -0.4 is 10.6 Å². The minimum Gasteiger partial charge on any atom is -0.390 e. The number of aliphatic hydroxyl groups is 1. The molecule has 3 N–H and O–H groups in total. The summed E-state index contributed by atoms with van der Waals surface area (Å²) >= 11 is 0. The Hall–Kier alpha value is -2.22. The van der Waals surface area contributed by atoms with Gasteiger partial charge in [-0.05, 0) is 24.3 Å².